The molecule has 0 fully saturated rings. The molecule has 134 valence electrons. The van der Waals surface area contributed by atoms with E-state index in [9.17, 15) is 15.4 Å². The van der Waals surface area contributed by atoms with Gasteiger partial charge < -0.3 is 4.74 Å². The van der Waals surface area contributed by atoms with Crippen molar-refractivity contribution in [2.24, 2.45) is 0 Å². The van der Waals surface area contributed by atoms with E-state index >= 15 is 0 Å². The van der Waals surface area contributed by atoms with Gasteiger partial charge in [0.2, 0.25) is 0 Å². The molecule has 0 saturated heterocycles. The average molecular weight is 377 g/mol. The van der Waals surface area contributed by atoms with Crippen LogP contribution in [0.25, 0.3) is 22.9 Å². The Morgan fingerprint density at radius 1 is 1.26 bits per heavy atom. The summed E-state index contributed by atoms with van der Waals surface area (Å²) in [6, 6.07) is 15.8. The Bertz CT molecular complexity index is 1020. The van der Waals surface area contributed by atoms with Gasteiger partial charge in [-0.05, 0) is 42.8 Å². The summed E-state index contributed by atoms with van der Waals surface area (Å²) in [5.41, 5.74) is 2.81. The lowest BCUT2D eigenvalue weighted by Gasteiger charge is -2.02. The third-order valence-electron chi connectivity index (χ3n) is 3.73. The van der Waals surface area contributed by atoms with Gasteiger partial charge in [0.1, 0.15) is 16.8 Å². The smallest absolute Gasteiger partial charge is 0.269 e. The normalized spacial score (nSPS) is 11.0. The Hall–Kier alpha value is -3.50. The molecule has 6 nitrogen and oxygen atoms in total. The van der Waals surface area contributed by atoms with Crippen molar-refractivity contribution in [3.8, 4) is 23.1 Å². The summed E-state index contributed by atoms with van der Waals surface area (Å²) in [5, 5.41) is 22.7. The van der Waals surface area contributed by atoms with E-state index in [1.807, 2.05) is 36.6 Å². The van der Waals surface area contributed by atoms with Crippen LogP contribution in [0.4, 0.5) is 5.69 Å². The van der Waals surface area contributed by atoms with Crippen molar-refractivity contribution in [3.63, 3.8) is 0 Å². The molecule has 0 bridgehead atoms. The van der Waals surface area contributed by atoms with Crippen LogP contribution in [0.3, 0.4) is 0 Å². The van der Waals surface area contributed by atoms with E-state index < -0.39 is 4.92 Å². The zero-order valence-electron chi connectivity index (χ0n) is 14.5. The Labute approximate surface area is 160 Å². The lowest BCUT2D eigenvalue weighted by Crippen LogP contribution is -1.90. The number of benzene rings is 2. The number of allylic oxidation sites excluding steroid dienone is 1. The van der Waals surface area contributed by atoms with E-state index in [1.165, 1.54) is 23.5 Å². The summed E-state index contributed by atoms with van der Waals surface area (Å²) in [6.07, 6.45) is 1.77. The highest BCUT2D eigenvalue weighted by molar-refractivity contribution is 7.11. The molecular weight excluding hydrogens is 362 g/mol. The van der Waals surface area contributed by atoms with Gasteiger partial charge in [0.25, 0.3) is 5.69 Å². The predicted octanol–water partition coefficient (Wildman–Crippen LogP) is 5.18. The first kappa shape index (κ1) is 18.3. The Morgan fingerprint density at radius 2 is 1.96 bits per heavy atom. The van der Waals surface area contributed by atoms with Crippen LogP contribution in [0.2, 0.25) is 0 Å². The van der Waals surface area contributed by atoms with E-state index in [0.717, 1.165) is 16.9 Å². The highest BCUT2D eigenvalue weighted by atomic mass is 32.1. The van der Waals surface area contributed by atoms with Gasteiger partial charge in [-0.3, -0.25) is 10.1 Å². The number of nitrogens with zero attached hydrogens (tertiary/aromatic N) is 3. The summed E-state index contributed by atoms with van der Waals surface area (Å²) >= 11 is 1.36. The monoisotopic (exact) mass is 377 g/mol. The summed E-state index contributed by atoms with van der Waals surface area (Å²) in [7, 11) is 0. The van der Waals surface area contributed by atoms with Gasteiger partial charge in [-0.15, -0.1) is 11.3 Å². The van der Waals surface area contributed by atoms with Gasteiger partial charge in [0.05, 0.1) is 22.8 Å². The number of ether oxygens (including phenoxy) is 1. The second-order valence-corrected chi connectivity index (χ2v) is 6.37. The van der Waals surface area contributed by atoms with E-state index in [2.05, 4.69) is 11.1 Å². The topological polar surface area (TPSA) is 89.0 Å². The van der Waals surface area contributed by atoms with Crippen molar-refractivity contribution >= 4 is 28.7 Å². The minimum atomic E-state index is -0.441. The molecule has 0 amide bonds. The van der Waals surface area contributed by atoms with Gasteiger partial charge in [-0.1, -0.05) is 12.1 Å². The van der Waals surface area contributed by atoms with Crippen molar-refractivity contribution in [3.05, 3.63) is 74.6 Å². The number of aromatic nitrogens is 1. The number of nitro groups is 1. The second kappa shape index (κ2) is 8.25. The molecule has 0 aliphatic carbocycles. The lowest BCUT2D eigenvalue weighted by molar-refractivity contribution is -0.384. The number of nitro benzene ring substituents is 1. The van der Waals surface area contributed by atoms with Gasteiger partial charge >= 0.3 is 0 Å². The maximum absolute atomic E-state index is 10.8. The van der Waals surface area contributed by atoms with Gasteiger partial charge in [0.15, 0.2) is 0 Å². The van der Waals surface area contributed by atoms with Crippen LogP contribution in [-0.2, 0) is 0 Å². The van der Waals surface area contributed by atoms with E-state index in [1.54, 1.807) is 18.2 Å². The molecule has 0 unspecified atom stereocenters. The Morgan fingerprint density at radius 3 is 2.56 bits per heavy atom. The van der Waals surface area contributed by atoms with Crippen molar-refractivity contribution in [2.45, 2.75) is 6.92 Å². The first-order valence-electron chi connectivity index (χ1n) is 8.16. The number of non-ortho nitro benzene ring substituents is 1. The quantitative estimate of drug-likeness (QED) is 0.335. The van der Waals surface area contributed by atoms with Crippen molar-refractivity contribution < 1.29 is 9.66 Å². The highest BCUT2D eigenvalue weighted by Crippen LogP contribution is 2.28. The van der Waals surface area contributed by atoms with Gasteiger partial charge in [-0.2, -0.15) is 5.26 Å². The fraction of sp³-hybridized carbons (Fsp3) is 0.100. The average Bonchev–Trinajstić information content (AvgIpc) is 3.17. The van der Waals surface area contributed by atoms with Crippen molar-refractivity contribution in [2.75, 3.05) is 6.61 Å². The van der Waals surface area contributed by atoms with Crippen LogP contribution in [0.1, 0.15) is 17.5 Å². The van der Waals surface area contributed by atoms with Crippen LogP contribution >= 0.6 is 11.3 Å². The Kier molecular flexibility index (Phi) is 5.59. The van der Waals surface area contributed by atoms with E-state index in [4.69, 9.17) is 4.74 Å². The maximum atomic E-state index is 10.8. The first-order chi connectivity index (χ1) is 13.1. The molecule has 0 N–H and O–H groups in total. The molecule has 0 atom stereocenters. The number of hydrogen-bond donors (Lipinski definition) is 0. The van der Waals surface area contributed by atoms with Crippen LogP contribution in [0, 0.1) is 21.4 Å². The molecule has 1 heterocycles. The molecule has 7 heteroatoms. The molecule has 3 rings (SSSR count). The Balaban J connectivity index is 1.84. The number of thiazole rings is 1. The number of nitriles is 1. The molecule has 0 spiro atoms. The lowest BCUT2D eigenvalue weighted by atomic mass is 10.1. The van der Waals surface area contributed by atoms with Crippen molar-refractivity contribution in [1.29, 1.82) is 5.26 Å². The molecular formula is C20H15N3O3S. The molecule has 3 aromatic rings. The van der Waals surface area contributed by atoms with E-state index in [-0.39, 0.29) is 5.69 Å². The van der Waals surface area contributed by atoms with Crippen LogP contribution in [0.5, 0.6) is 5.75 Å². The molecule has 27 heavy (non-hydrogen) atoms. The molecule has 2 aromatic carbocycles. The standard InChI is InChI=1S/C20H15N3O3S/c1-2-26-18-9-3-14(4-10-18)11-16(12-21)20-22-19(13-27-20)15-5-7-17(8-6-15)23(24)25/h3-11,13H,2H2,1H3. The molecule has 0 radical (unpaired) electrons. The van der Waals surface area contributed by atoms with Crippen LogP contribution in [0.15, 0.2) is 53.9 Å². The highest BCUT2D eigenvalue weighted by Gasteiger charge is 2.11. The summed E-state index contributed by atoms with van der Waals surface area (Å²) in [4.78, 5) is 14.8. The molecule has 0 aliphatic rings. The summed E-state index contributed by atoms with van der Waals surface area (Å²) in [5.74, 6) is 0.780. The minimum absolute atomic E-state index is 0.0299. The van der Waals surface area contributed by atoms with Gasteiger partial charge in [-0.25, -0.2) is 4.98 Å². The summed E-state index contributed by atoms with van der Waals surface area (Å²) in [6.45, 7) is 2.52. The third kappa shape index (κ3) is 4.37. The van der Waals surface area contributed by atoms with E-state index in [0.29, 0.717) is 22.9 Å². The SMILES string of the molecule is CCOc1ccc(C=C(C#N)c2nc(-c3ccc([N+](=O)[O-])cc3)cs2)cc1. The third-order valence-corrected chi connectivity index (χ3v) is 4.61. The number of hydrogen-bond acceptors (Lipinski definition) is 6. The predicted molar refractivity (Wildman–Crippen MR) is 105 cm³/mol. The maximum Gasteiger partial charge on any atom is 0.269 e. The van der Waals surface area contributed by atoms with Gasteiger partial charge in [0, 0.05) is 23.1 Å². The van der Waals surface area contributed by atoms with Crippen LogP contribution in [-0.4, -0.2) is 16.5 Å². The number of rotatable bonds is 6. The fourth-order valence-corrected chi connectivity index (χ4v) is 3.21. The minimum Gasteiger partial charge on any atom is -0.494 e. The van der Waals surface area contributed by atoms with Crippen LogP contribution < -0.4 is 4.74 Å². The zero-order chi connectivity index (χ0) is 19.2. The largest absolute Gasteiger partial charge is 0.494 e. The molecule has 1 aromatic heterocycles. The molecule has 0 aliphatic heterocycles. The molecule has 0 saturated carbocycles. The summed E-state index contributed by atoms with van der Waals surface area (Å²) < 4.78 is 5.41. The second-order valence-electron chi connectivity index (χ2n) is 5.51. The fourth-order valence-electron chi connectivity index (χ4n) is 2.42. The zero-order valence-corrected chi connectivity index (χ0v) is 15.3. The van der Waals surface area contributed by atoms with Crippen molar-refractivity contribution in [1.82, 2.24) is 4.98 Å². The first-order valence-corrected chi connectivity index (χ1v) is 9.04.